The lowest BCUT2D eigenvalue weighted by atomic mass is 10.1. The molecule has 0 saturated heterocycles. The van der Waals surface area contributed by atoms with Gasteiger partial charge in [-0.1, -0.05) is 12.1 Å². The van der Waals surface area contributed by atoms with Crippen molar-refractivity contribution in [1.29, 1.82) is 0 Å². The molecule has 0 aliphatic carbocycles. The van der Waals surface area contributed by atoms with Gasteiger partial charge in [0.05, 0.1) is 12.3 Å². The van der Waals surface area contributed by atoms with Crippen LogP contribution in [0.1, 0.15) is 22.8 Å². The van der Waals surface area contributed by atoms with Gasteiger partial charge in [-0.15, -0.1) is 0 Å². The standard InChI is InChI=1S/C17H17FN2O3/c1-11(21)19-16-9-14(6-7-15(16)18)20-17(22)13-5-3-4-12(8-13)10-23-2/h3-9H,10H2,1-2H3,(H,19,21)(H,20,22). The first kappa shape index (κ1) is 16.6. The molecule has 0 radical (unpaired) electrons. The zero-order valence-corrected chi connectivity index (χ0v) is 12.9. The Morgan fingerprint density at radius 2 is 1.91 bits per heavy atom. The van der Waals surface area contributed by atoms with Crippen LogP contribution in [0.2, 0.25) is 0 Å². The fourth-order valence-corrected chi connectivity index (χ4v) is 2.06. The van der Waals surface area contributed by atoms with Gasteiger partial charge in [0.15, 0.2) is 0 Å². The number of halogens is 1. The summed E-state index contributed by atoms with van der Waals surface area (Å²) in [5, 5.41) is 5.04. The highest BCUT2D eigenvalue weighted by atomic mass is 19.1. The van der Waals surface area contributed by atoms with Crippen LogP contribution in [0.4, 0.5) is 15.8 Å². The number of hydrogen-bond acceptors (Lipinski definition) is 3. The molecule has 0 aliphatic rings. The SMILES string of the molecule is COCc1cccc(C(=O)Nc2ccc(F)c(NC(C)=O)c2)c1. The van der Waals surface area contributed by atoms with Crippen LogP contribution in [0.25, 0.3) is 0 Å². The number of hydrogen-bond donors (Lipinski definition) is 2. The predicted molar refractivity (Wildman–Crippen MR) is 85.8 cm³/mol. The Labute approximate surface area is 133 Å². The van der Waals surface area contributed by atoms with Crippen LogP contribution in [0.5, 0.6) is 0 Å². The van der Waals surface area contributed by atoms with E-state index < -0.39 is 5.82 Å². The number of nitrogens with one attached hydrogen (secondary N) is 2. The van der Waals surface area contributed by atoms with Gasteiger partial charge in [0.25, 0.3) is 5.91 Å². The van der Waals surface area contributed by atoms with Crippen molar-refractivity contribution < 1.29 is 18.7 Å². The molecule has 2 aromatic carbocycles. The zero-order valence-electron chi connectivity index (χ0n) is 12.9. The lowest BCUT2D eigenvalue weighted by molar-refractivity contribution is -0.114. The molecule has 0 spiro atoms. The number of anilines is 2. The average Bonchev–Trinajstić information content (AvgIpc) is 2.51. The van der Waals surface area contributed by atoms with Gasteiger partial charge in [-0.2, -0.15) is 0 Å². The fraction of sp³-hybridized carbons (Fsp3) is 0.176. The number of amides is 2. The monoisotopic (exact) mass is 316 g/mol. The van der Waals surface area contributed by atoms with E-state index in [0.29, 0.717) is 17.9 Å². The second kappa shape index (κ2) is 7.51. The van der Waals surface area contributed by atoms with E-state index in [1.54, 1.807) is 25.3 Å². The van der Waals surface area contributed by atoms with Gasteiger partial charge >= 0.3 is 0 Å². The van der Waals surface area contributed by atoms with Crippen LogP contribution < -0.4 is 10.6 Å². The van der Waals surface area contributed by atoms with Crippen LogP contribution in [0.3, 0.4) is 0 Å². The summed E-state index contributed by atoms with van der Waals surface area (Å²) in [5.74, 6) is -1.29. The number of carbonyl (C=O) groups is 2. The van der Waals surface area contributed by atoms with Gasteiger partial charge in [0.2, 0.25) is 5.91 Å². The van der Waals surface area contributed by atoms with E-state index in [-0.39, 0.29) is 17.5 Å². The van der Waals surface area contributed by atoms with Crippen molar-refractivity contribution in [3.05, 3.63) is 59.4 Å². The summed E-state index contributed by atoms with van der Waals surface area (Å²) in [4.78, 5) is 23.3. The van der Waals surface area contributed by atoms with Gasteiger partial charge in [0.1, 0.15) is 5.82 Å². The first-order chi connectivity index (χ1) is 11.0. The van der Waals surface area contributed by atoms with Crippen molar-refractivity contribution in [3.63, 3.8) is 0 Å². The quantitative estimate of drug-likeness (QED) is 0.890. The lowest BCUT2D eigenvalue weighted by Crippen LogP contribution is -2.13. The molecule has 0 fully saturated rings. The highest BCUT2D eigenvalue weighted by molar-refractivity contribution is 6.04. The molecular weight excluding hydrogens is 299 g/mol. The fourth-order valence-electron chi connectivity index (χ4n) is 2.06. The van der Waals surface area contributed by atoms with Gasteiger partial charge in [-0.3, -0.25) is 9.59 Å². The molecule has 2 aromatic rings. The first-order valence-corrected chi connectivity index (χ1v) is 6.96. The van der Waals surface area contributed by atoms with Crippen molar-refractivity contribution in [3.8, 4) is 0 Å². The van der Waals surface area contributed by atoms with Crippen molar-refractivity contribution >= 4 is 23.2 Å². The van der Waals surface area contributed by atoms with Crippen molar-refractivity contribution in [2.45, 2.75) is 13.5 Å². The molecule has 0 aliphatic heterocycles. The highest BCUT2D eigenvalue weighted by Crippen LogP contribution is 2.20. The van der Waals surface area contributed by atoms with E-state index in [1.807, 2.05) is 6.07 Å². The molecule has 0 atom stereocenters. The average molecular weight is 316 g/mol. The maximum Gasteiger partial charge on any atom is 0.255 e. The molecule has 0 bridgehead atoms. The summed E-state index contributed by atoms with van der Waals surface area (Å²) in [6, 6.07) is 11.0. The van der Waals surface area contributed by atoms with E-state index in [2.05, 4.69) is 10.6 Å². The van der Waals surface area contributed by atoms with Gasteiger partial charge in [-0.25, -0.2) is 4.39 Å². The number of methoxy groups -OCH3 is 1. The normalized spacial score (nSPS) is 10.2. The molecule has 120 valence electrons. The van der Waals surface area contributed by atoms with Crippen molar-refractivity contribution in [1.82, 2.24) is 0 Å². The first-order valence-electron chi connectivity index (χ1n) is 6.96. The Hall–Kier alpha value is -2.73. The molecule has 2 rings (SSSR count). The Kier molecular flexibility index (Phi) is 5.43. The van der Waals surface area contributed by atoms with E-state index in [9.17, 15) is 14.0 Å². The van der Waals surface area contributed by atoms with Crippen LogP contribution in [0, 0.1) is 5.82 Å². The topological polar surface area (TPSA) is 67.4 Å². The molecule has 0 unspecified atom stereocenters. The predicted octanol–water partition coefficient (Wildman–Crippen LogP) is 3.18. The Morgan fingerprint density at radius 1 is 1.13 bits per heavy atom. The third-order valence-electron chi connectivity index (χ3n) is 3.04. The Morgan fingerprint density at radius 3 is 2.61 bits per heavy atom. The summed E-state index contributed by atoms with van der Waals surface area (Å²) in [7, 11) is 1.58. The van der Waals surface area contributed by atoms with Gasteiger partial charge < -0.3 is 15.4 Å². The van der Waals surface area contributed by atoms with Crippen molar-refractivity contribution in [2.75, 3.05) is 17.7 Å². The van der Waals surface area contributed by atoms with Gasteiger partial charge in [-0.05, 0) is 35.9 Å². The molecule has 23 heavy (non-hydrogen) atoms. The minimum atomic E-state index is -0.569. The Balaban J connectivity index is 2.16. The minimum Gasteiger partial charge on any atom is -0.380 e. The lowest BCUT2D eigenvalue weighted by Gasteiger charge is -2.09. The maximum atomic E-state index is 13.6. The van der Waals surface area contributed by atoms with E-state index >= 15 is 0 Å². The molecule has 2 N–H and O–H groups in total. The molecule has 2 amide bonds. The Bertz CT molecular complexity index is 732. The van der Waals surface area contributed by atoms with E-state index in [1.165, 1.54) is 25.1 Å². The van der Waals surface area contributed by atoms with Crippen LogP contribution in [0.15, 0.2) is 42.5 Å². The second-order valence-electron chi connectivity index (χ2n) is 4.96. The summed E-state index contributed by atoms with van der Waals surface area (Å²) in [6.45, 7) is 1.69. The van der Waals surface area contributed by atoms with Crippen LogP contribution in [-0.2, 0) is 16.1 Å². The third kappa shape index (κ3) is 4.62. The van der Waals surface area contributed by atoms with Crippen molar-refractivity contribution in [2.24, 2.45) is 0 Å². The number of benzene rings is 2. The largest absolute Gasteiger partial charge is 0.380 e. The summed E-state index contributed by atoms with van der Waals surface area (Å²) < 4.78 is 18.6. The zero-order chi connectivity index (χ0) is 16.8. The highest BCUT2D eigenvalue weighted by Gasteiger charge is 2.10. The van der Waals surface area contributed by atoms with Crippen LogP contribution in [-0.4, -0.2) is 18.9 Å². The maximum absolute atomic E-state index is 13.6. The molecule has 6 heteroatoms. The second-order valence-corrected chi connectivity index (χ2v) is 4.96. The molecule has 5 nitrogen and oxygen atoms in total. The third-order valence-corrected chi connectivity index (χ3v) is 3.04. The minimum absolute atomic E-state index is 0.0171. The number of rotatable bonds is 5. The summed E-state index contributed by atoms with van der Waals surface area (Å²) in [6.07, 6.45) is 0. The van der Waals surface area contributed by atoms with Crippen LogP contribution >= 0.6 is 0 Å². The summed E-state index contributed by atoms with van der Waals surface area (Å²) in [5.41, 5.74) is 1.74. The molecular formula is C17H17FN2O3. The number of carbonyl (C=O) groups excluding carboxylic acids is 2. The van der Waals surface area contributed by atoms with Gasteiger partial charge in [0, 0.05) is 25.3 Å². The van der Waals surface area contributed by atoms with E-state index in [4.69, 9.17) is 4.74 Å². The number of ether oxygens (including phenoxy) is 1. The smallest absolute Gasteiger partial charge is 0.255 e. The molecule has 0 heterocycles. The molecule has 0 saturated carbocycles. The molecule has 0 aromatic heterocycles. The summed E-state index contributed by atoms with van der Waals surface area (Å²) >= 11 is 0. The van der Waals surface area contributed by atoms with E-state index in [0.717, 1.165) is 5.56 Å².